The molecule has 0 saturated carbocycles. The van der Waals surface area contributed by atoms with Crippen LogP contribution in [-0.4, -0.2) is 36.5 Å². The zero-order valence-corrected chi connectivity index (χ0v) is 11.4. The molecule has 0 fully saturated rings. The fourth-order valence-electron chi connectivity index (χ4n) is 1.51. The topological polar surface area (TPSA) is 81.5 Å². The molecule has 19 heavy (non-hydrogen) atoms. The number of non-ortho nitro benzene ring substituents is 1. The smallest absolute Gasteiger partial charge is 0.270 e. The zero-order chi connectivity index (χ0) is 14.4. The highest BCUT2D eigenvalue weighted by Crippen LogP contribution is 2.17. The third-order valence-electron chi connectivity index (χ3n) is 2.51. The van der Waals surface area contributed by atoms with Crippen molar-refractivity contribution in [2.75, 3.05) is 20.3 Å². The summed E-state index contributed by atoms with van der Waals surface area (Å²) in [6.45, 7) is 2.26. The van der Waals surface area contributed by atoms with Crippen LogP contribution < -0.4 is 5.32 Å². The number of nitro benzene ring substituents is 1. The van der Waals surface area contributed by atoms with Gasteiger partial charge in [0.15, 0.2) is 0 Å². The molecule has 0 aliphatic carbocycles. The molecule has 1 aromatic rings. The van der Waals surface area contributed by atoms with Crippen LogP contribution in [0.5, 0.6) is 0 Å². The lowest BCUT2D eigenvalue weighted by Crippen LogP contribution is -2.32. The predicted octanol–water partition coefficient (Wildman–Crippen LogP) is 1.89. The van der Waals surface area contributed by atoms with E-state index in [-0.39, 0.29) is 29.1 Å². The number of nitro groups is 1. The normalized spacial score (nSPS) is 11.9. The number of halogens is 1. The lowest BCUT2D eigenvalue weighted by atomic mass is 10.1. The van der Waals surface area contributed by atoms with Gasteiger partial charge in [-0.05, 0) is 12.5 Å². The monoisotopic (exact) mass is 286 g/mol. The van der Waals surface area contributed by atoms with E-state index in [0.29, 0.717) is 12.2 Å². The zero-order valence-electron chi connectivity index (χ0n) is 10.7. The number of carbonyl (C=O) groups is 1. The summed E-state index contributed by atoms with van der Waals surface area (Å²) in [6.07, 6.45) is 0. The Bertz CT molecular complexity index is 479. The summed E-state index contributed by atoms with van der Waals surface area (Å²) in [6, 6.07) is 4.16. The maximum atomic E-state index is 11.9. The predicted molar refractivity (Wildman–Crippen MR) is 71.7 cm³/mol. The average molecular weight is 287 g/mol. The molecular weight excluding hydrogens is 272 g/mol. The quantitative estimate of drug-likeness (QED) is 0.492. The number of amides is 1. The lowest BCUT2D eigenvalue weighted by molar-refractivity contribution is -0.384. The average Bonchev–Trinajstić information content (AvgIpc) is 2.36. The third-order valence-corrected chi connectivity index (χ3v) is 2.79. The number of hydrogen-bond donors (Lipinski definition) is 1. The van der Waals surface area contributed by atoms with E-state index in [4.69, 9.17) is 16.3 Å². The Morgan fingerprint density at radius 1 is 1.58 bits per heavy atom. The van der Waals surface area contributed by atoms with Crippen LogP contribution >= 0.6 is 11.6 Å². The van der Waals surface area contributed by atoms with Crippen molar-refractivity contribution < 1.29 is 14.5 Å². The molecule has 0 spiro atoms. The van der Waals surface area contributed by atoms with Crippen LogP contribution in [0, 0.1) is 17.0 Å². The molecule has 0 bridgehead atoms. The third kappa shape index (κ3) is 4.50. The molecule has 0 radical (unpaired) electrons. The highest BCUT2D eigenvalue weighted by Gasteiger charge is 2.15. The number of methoxy groups -OCH3 is 1. The molecule has 7 heteroatoms. The first-order valence-electron chi connectivity index (χ1n) is 5.62. The molecule has 104 valence electrons. The summed E-state index contributed by atoms with van der Waals surface area (Å²) >= 11 is 5.89. The second-order valence-corrected chi connectivity index (χ2v) is 4.64. The molecule has 0 aliphatic heterocycles. The number of alkyl halides is 1. The number of hydrogen-bond acceptors (Lipinski definition) is 4. The summed E-state index contributed by atoms with van der Waals surface area (Å²) in [5, 5.41) is 13.0. The van der Waals surface area contributed by atoms with Crippen LogP contribution in [-0.2, 0) is 4.74 Å². The van der Waals surface area contributed by atoms with E-state index < -0.39 is 4.92 Å². The second-order valence-electron chi connectivity index (χ2n) is 4.02. The first kappa shape index (κ1) is 15.4. The van der Waals surface area contributed by atoms with Crippen LogP contribution in [0.25, 0.3) is 0 Å². The summed E-state index contributed by atoms with van der Waals surface area (Å²) in [5.41, 5.74) is 0.825. The summed E-state index contributed by atoms with van der Waals surface area (Å²) < 4.78 is 4.84. The Morgan fingerprint density at radius 3 is 2.84 bits per heavy atom. The highest BCUT2D eigenvalue weighted by molar-refractivity contribution is 6.21. The molecule has 6 nitrogen and oxygen atoms in total. The molecule has 0 heterocycles. The van der Waals surface area contributed by atoms with Crippen molar-refractivity contribution in [3.63, 3.8) is 0 Å². The molecule has 1 unspecified atom stereocenters. The van der Waals surface area contributed by atoms with Gasteiger partial charge in [0, 0.05) is 31.4 Å². The van der Waals surface area contributed by atoms with E-state index in [9.17, 15) is 14.9 Å². The van der Waals surface area contributed by atoms with Gasteiger partial charge in [0.05, 0.1) is 16.9 Å². The summed E-state index contributed by atoms with van der Waals surface area (Å²) in [7, 11) is 1.52. The van der Waals surface area contributed by atoms with Crippen molar-refractivity contribution in [3.8, 4) is 0 Å². The number of ether oxygens (including phenoxy) is 1. The minimum absolute atomic E-state index is 0.116. The van der Waals surface area contributed by atoms with Crippen molar-refractivity contribution >= 4 is 23.2 Å². The Labute approximate surface area is 115 Å². The molecular formula is C12H15ClN2O4. The minimum atomic E-state index is -0.536. The van der Waals surface area contributed by atoms with E-state index in [1.54, 1.807) is 13.0 Å². The maximum absolute atomic E-state index is 11.9. The Hall–Kier alpha value is -1.66. The first-order valence-corrected chi connectivity index (χ1v) is 6.05. The van der Waals surface area contributed by atoms with E-state index in [1.165, 1.54) is 19.2 Å². The number of carbonyl (C=O) groups excluding carboxylic acids is 1. The SMILES string of the molecule is COCC(Cl)CNC(=O)c1cc([N+](=O)[O-])ccc1C. The molecule has 1 aromatic carbocycles. The molecule has 1 atom stereocenters. The van der Waals surface area contributed by atoms with Gasteiger partial charge in [0.1, 0.15) is 0 Å². The van der Waals surface area contributed by atoms with Gasteiger partial charge in [-0.2, -0.15) is 0 Å². The van der Waals surface area contributed by atoms with E-state index in [1.807, 2.05) is 0 Å². The number of rotatable bonds is 6. The maximum Gasteiger partial charge on any atom is 0.270 e. The fraction of sp³-hybridized carbons (Fsp3) is 0.417. The van der Waals surface area contributed by atoms with Crippen LogP contribution in [0.3, 0.4) is 0 Å². The van der Waals surface area contributed by atoms with Gasteiger partial charge in [0.25, 0.3) is 11.6 Å². The Kier molecular flexibility index (Phi) is 5.72. The standard InChI is InChI=1S/C12H15ClN2O4/c1-8-3-4-10(15(17)18)5-11(8)12(16)14-6-9(13)7-19-2/h3-5,9H,6-7H2,1-2H3,(H,14,16). The number of nitrogens with one attached hydrogen (secondary N) is 1. The van der Waals surface area contributed by atoms with Crippen LogP contribution in [0.15, 0.2) is 18.2 Å². The molecule has 1 rings (SSSR count). The van der Waals surface area contributed by atoms with Crippen molar-refractivity contribution in [1.82, 2.24) is 5.32 Å². The minimum Gasteiger partial charge on any atom is -0.383 e. The van der Waals surface area contributed by atoms with Crippen molar-refractivity contribution in [2.24, 2.45) is 0 Å². The van der Waals surface area contributed by atoms with Crippen LogP contribution in [0.2, 0.25) is 0 Å². The second kappa shape index (κ2) is 7.06. The van der Waals surface area contributed by atoms with E-state index >= 15 is 0 Å². The van der Waals surface area contributed by atoms with Gasteiger partial charge in [-0.3, -0.25) is 14.9 Å². The van der Waals surface area contributed by atoms with Gasteiger partial charge < -0.3 is 10.1 Å². The molecule has 1 N–H and O–H groups in total. The largest absolute Gasteiger partial charge is 0.383 e. The number of benzene rings is 1. The molecule has 0 saturated heterocycles. The van der Waals surface area contributed by atoms with E-state index in [0.717, 1.165) is 0 Å². The van der Waals surface area contributed by atoms with Crippen molar-refractivity contribution in [2.45, 2.75) is 12.3 Å². The van der Waals surface area contributed by atoms with Crippen molar-refractivity contribution in [3.05, 3.63) is 39.4 Å². The van der Waals surface area contributed by atoms with Gasteiger partial charge >= 0.3 is 0 Å². The molecule has 1 amide bonds. The van der Waals surface area contributed by atoms with Gasteiger partial charge in [0.2, 0.25) is 0 Å². The summed E-state index contributed by atoms with van der Waals surface area (Å²) in [5.74, 6) is -0.386. The molecule has 0 aromatic heterocycles. The van der Waals surface area contributed by atoms with Crippen LogP contribution in [0.1, 0.15) is 15.9 Å². The number of nitrogens with zero attached hydrogens (tertiary/aromatic N) is 1. The fourth-order valence-corrected chi connectivity index (χ4v) is 1.71. The Balaban J connectivity index is 2.76. The first-order chi connectivity index (χ1) is 8.95. The highest BCUT2D eigenvalue weighted by atomic mass is 35.5. The number of aryl methyl sites for hydroxylation is 1. The Morgan fingerprint density at radius 2 is 2.26 bits per heavy atom. The lowest BCUT2D eigenvalue weighted by Gasteiger charge is -2.11. The van der Waals surface area contributed by atoms with Gasteiger partial charge in [-0.1, -0.05) is 6.07 Å². The van der Waals surface area contributed by atoms with E-state index in [2.05, 4.69) is 5.32 Å². The molecule has 0 aliphatic rings. The van der Waals surface area contributed by atoms with Crippen molar-refractivity contribution in [1.29, 1.82) is 0 Å². The van der Waals surface area contributed by atoms with Gasteiger partial charge in [-0.15, -0.1) is 11.6 Å². The van der Waals surface area contributed by atoms with Gasteiger partial charge in [-0.25, -0.2) is 0 Å². The summed E-state index contributed by atoms with van der Waals surface area (Å²) in [4.78, 5) is 22.1. The van der Waals surface area contributed by atoms with Crippen LogP contribution in [0.4, 0.5) is 5.69 Å².